The van der Waals surface area contributed by atoms with Crippen molar-refractivity contribution in [3.05, 3.63) is 30.4 Å². The Morgan fingerprint density at radius 2 is 1.97 bits per heavy atom. The molecule has 0 bridgehead atoms. The molecule has 1 fully saturated rings. The van der Waals surface area contributed by atoms with Gasteiger partial charge in [-0.25, -0.2) is 19.6 Å². The highest BCUT2D eigenvalue weighted by molar-refractivity contribution is 5.60. The van der Waals surface area contributed by atoms with Crippen molar-refractivity contribution >= 4 is 5.82 Å². The number of fused-ring (bicyclic) bond motifs is 1. The highest BCUT2D eigenvalue weighted by atomic mass is 15.4. The number of anilines is 1. The van der Waals surface area contributed by atoms with E-state index in [2.05, 4.69) is 33.4 Å². The van der Waals surface area contributed by atoms with Gasteiger partial charge in [-0.15, -0.1) is 0 Å². The van der Waals surface area contributed by atoms with Gasteiger partial charge in [0.1, 0.15) is 17.3 Å². The molecular formula is C22H29N7. The van der Waals surface area contributed by atoms with Gasteiger partial charge in [0.05, 0.1) is 0 Å². The zero-order valence-electron chi connectivity index (χ0n) is 17.6. The van der Waals surface area contributed by atoms with Crippen molar-refractivity contribution in [1.29, 1.82) is 0 Å². The molecule has 5 rings (SSSR count). The minimum absolute atomic E-state index is 0.312. The maximum Gasteiger partial charge on any atom is 0.183 e. The SMILES string of the molecule is CN(C)c1ccc(-c2nc(-c3cn4c(n3)CCCC4)n(CC3(C)CCC3)n2)cn1. The summed E-state index contributed by atoms with van der Waals surface area (Å²) in [4.78, 5) is 16.4. The van der Waals surface area contributed by atoms with Crippen LogP contribution in [0.25, 0.3) is 22.9 Å². The molecule has 2 aliphatic rings. The Hall–Kier alpha value is -2.70. The van der Waals surface area contributed by atoms with Crippen molar-refractivity contribution in [3.8, 4) is 22.9 Å². The van der Waals surface area contributed by atoms with Crippen molar-refractivity contribution < 1.29 is 0 Å². The Morgan fingerprint density at radius 1 is 1.10 bits per heavy atom. The second-order valence-electron chi connectivity index (χ2n) is 9.07. The highest BCUT2D eigenvalue weighted by Crippen LogP contribution is 2.42. The highest BCUT2D eigenvalue weighted by Gasteiger charge is 2.34. The molecule has 7 heteroatoms. The molecule has 1 saturated carbocycles. The standard InChI is InChI=1S/C22H29N7/c1-22(10-6-11-22)15-29-21(17-14-28-12-5-4-7-19(28)24-17)25-20(26-29)16-8-9-18(23-13-16)27(2)3/h8-9,13-14H,4-7,10-12,15H2,1-3H3. The third-order valence-corrected chi connectivity index (χ3v) is 6.37. The van der Waals surface area contributed by atoms with Crippen LogP contribution in [0.5, 0.6) is 0 Å². The predicted molar refractivity (Wildman–Crippen MR) is 114 cm³/mol. The van der Waals surface area contributed by atoms with E-state index in [-0.39, 0.29) is 0 Å². The van der Waals surface area contributed by atoms with Crippen LogP contribution in [0.2, 0.25) is 0 Å². The maximum absolute atomic E-state index is 4.93. The van der Waals surface area contributed by atoms with Gasteiger partial charge in [-0.1, -0.05) is 13.3 Å². The minimum Gasteiger partial charge on any atom is -0.363 e. The molecule has 0 radical (unpaired) electrons. The number of hydrogen-bond acceptors (Lipinski definition) is 5. The van der Waals surface area contributed by atoms with E-state index in [1.54, 1.807) is 0 Å². The minimum atomic E-state index is 0.312. The van der Waals surface area contributed by atoms with Crippen LogP contribution in [0.3, 0.4) is 0 Å². The van der Waals surface area contributed by atoms with E-state index in [4.69, 9.17) is 15.1 Å². The fourth-order valence-electron chi connectivity index (χ4n) is 4.37. The topological polar surface area (TPSA) is 64.7 Å². The molecule has 0 aromatic carbocycles. The number of aryl methyl sites for hydroxylation is 2. The molecule has 0 saturated heterocycles. The van der Waals surface area contributed by atoms with Crippen LogP contribution in [0.1, 0.15) is 44.9 Å². The summed E-state index contributed by atoms with van der Waals surface area (Å²) in [6.45, 7) is 4.30. The Bertz CT molecular complexity index is 985. The maximum atomic E-state index is 4.93. The smallest absolute Gasteiger partial charge is 0.183 e. The first kappa shape index (κ1) is 18.3. The van der Waals surface area contributed by atoms with Crippen molar-refractivity contribution in [2.45, 2.75) is 58.5 Å². The summed E-state index contributed by atoms with van der Waals surface area (Å²) in [6.07, 6.45) is 11.3. The van der Waals surface area contributed by atoms with E-state index in [1.807, 2.05) is 31.3 Å². The van der Waals surface area contributed by atoms with Crippen LogP contribution < -0.4 is 4.90 Å². The second-order valence-corrected chi connectivity index (χ2v) is 9.07. The summed E-state index contributed by atoms with van der Waals surface area (Å²) in [5.74, 6) is 3.71. The van der Waals surface area contributed by atoms with Gasteiger partial charge in [0.15, 0.2) is 11.6 Å². The Balaban J connectivity index is 1.54. The van der Waals surface area contributed by atoms with Crippen LogP contribution in [0, 0.1) is 5.41 Å². The van der Waals surface area contributed by atoms with Gasteiger partial charge in [0.25, 0.3) is 0 Å². The lowest BCUT2D eigenvalue weighted by Gasteiger charge is -2.38. The lowest BCUT2D eigenvalue weighted by atomic mass is 9.70. The summed E-state index contributed by atoms with van der Waals surface area (Å²) in [5.41, 5.74) is 2.20. The number of imidazole rings is 1. The first-order valence-electron chi connectivity index (χ1n) is 10.7. The number of nitrogens with zero attached hydrogens (tertiary/aromatic N) is 7. The monoisotopic (exact) mass is 391 g/mol. The van der Waals surface area contributed by atoms with Crippen LogP contribution in [-0.4, -0.2) is 43.4 Å². The fraction of sp³-hybridized carbons (Fsp3) is 0.545. The Morgan fingerprint density at radius 3 is 2.62 bits per heavy atom. The molecule has 4 heterocycles. The summed E-state index contributed by atoms with van der Waals surface area (Å²) in [6, 6.07) is 4.06. The van der Waals surface area contributed by atoms with E-state index in [1.165, 1.54) is 37.9 Å². The Labute approximate surface area is 171 Å². The average Bonchev–Trinajstić information content (AvgIpc) is 3.30. The van der Waals surface area contributed by atoms with Crippen molar-refractivity contribution in [3.63, 3.8) is 0 Å². The van der Waals surface area contributed by atoms with Crippen molar-refractivity contribution in [2.24, 2.45) is 5.41 Å². The van der Waals surface area contributed by atoms with Gasteiger partial charge >= 0.3 is 0 Å². The van der Waals surface area contributed by atoms with Gasteiger partial charge in [-0.2, -0.15) is 5.10 Å². The summed E-state index contributed by atoms with van der Waals surface area (Å²) < 4.78 is 4.37. The fourth-order valence-corrected chi connectivity index (χ4v) is 4.37. The molecule has 0 amide bonds. The summed E-state index contributed by atoms with van der Waals surface area (Å²) >= 11 is 0. The molecule has 3 aromatic rings. The van der Waals surface area contributed by atoms with E-state index < -0.39 is 0 Å². The molecular weight excluding hydrogens is 362 g/mol. The molecule has 0 N–H and O–H groups in total. The average molecular weight is 392 g/mol. The second kappa shape index (κ2) is 6.97. The molecule has 152 valence electrons. The van der Waals surface area contributed by atoms with Gasteiger partial charge in [-0.05, 0) is 43.2 Å². The van der Waals surface area contributed by atoms with E-state index >= 15 is 0 Å². The largest absolute Gasteiger partial charge is 0.363 e. The summed E-state index contributed by atoms with van der Waals surface area (Å²) in [5, 5.41) is 4.91. The number of hydrogen-bond donors (Lipinski definition) is 0. The van der Waals surface area contributed by atoms with Crippen LogP contribution in [0.15, 0.2) is 24.5 Å². The number of aromatic nitrogens is 6. The lowest BCUT2D eigenvalue weighted by molar-refractivity contribution is 0.127. The molecule has 0 spiro atoms. The predicted octanol–water partition coefficient (Wildman–Crippen LogP) is 3.80. The quantitative estimate of drug-likeness (QED) is 0.662. The van der Waals surface area contributed by atoms with Gasteiger partial charge in [0, 0.05) is 51.6 Å². The van der Waals surface area contributed by atoms with Crippen LogP contribution in [0.4, 0.5) is 5.82 Å². The third-order valence-electron chi connectivity index (χ3n) is 6.37. The lowest BCUT2D eigenvalue weighted by Crippen LogP contribution is -2.31. The van der Waals surface area contributed by atoms with E-state index in [9.17, 15) is 0 Å². The molecule has 7 nitrogen and oxygen atoms in total. The van der Waals surface area contributed by atoms with Crippen molar-refractivity contribution in [2.75, 3.05) is 19.0 Å². The molecule has 1 aliphatic carbocycles. The van der Waals surface area contributed by atoms with Gasteiger partial charge in [-0.3, -0.25) is 0 Å². The molecule has 1 aliphatic heterocycles. The first-order chi connectivity index (χ1) is 14.0. The van der Waals surface area contributed by atoms with Crippen LogP contribution in [-0.2, 0) is 19.5 Å². The van der Waals surface area contributed by atoms with Crippen LogP contribution >= 0.6 is 0 Å². The third kappa shape index (κ3) is 3.43. The molecule has 3 aromatic heterocycles. The zero-order valence-corrected chi connectivity index (χ0v) is 17.6. The Kier molecular flexibility index (Phi) is 4.41. The van der Waals surface area contributed by atoms with E-state index in [0.717, 1.165) is 48.2 Å². The van der Waals surface area contributed by atoms with Gasteiger partial charge < -0.3 is 9.47 Å². The summed E-state index contributed by atoms with van der Waals surface area (Å²) in [7, 11) is 3.99. The van der Waals surface area contributed by atoms with E-state index in [0.29, 0.717) is 5.41 Å². The number of rotatable bonds is 5. The van der Waals surface area contributed by atoms with Crippen molar-refractivity contribution in [1.82, 2.24) is 29.3 Å². The molecule has 0 unspecified atom stereocenters. The molecule has 0 atom stereocenters. The van der Waals surface area contributed by atoms with Gasteiger partial charge in [0.2, 0.25) is 0 Å². The molecule has 29 heavy (non-hydrogen) atoms. The normalized spacial score (nSPS) is 17.6. The number of pyridine rings is 1. The first-order valence-corrected chi connectivity index (χ1v) is 10.7. The zero-order chi connectivity index (χ0) is 20.0.